The van der Waals surface area contributed by atoms with E-state index < -0.39 is 17.6 Å². The van der Waals surface area contributed by atoms with Crippen LogP contribution in [0.25, 0.3) is 0 Å². The van der Waals surface area contributed by atoms with Crippen LogP contribution in [0, 0.1) is 0 Å². The van der Waals surface area contributed by atoms with Gasteiger partial charge in [0, 0.05) is 0 Å². The van der Waals surface area contributed by atoms with E-state index >= 15 is 0 Å². The normalized spacial score (nSPS) is 12.5. The van der Waals surface area contributed by atoms with E-state index in [0.29, 0.717) is 0 Å². The first-order chi connectivity index (χ1) is 11.8. The Morgan fingerprint density at radius 1 is 1.16 bits per heavy atom. The minimum atomic E-state index is -4.44. The molecule has 1 atom stereocenters. The highest BCUT2D eigenvalue weighted by atomic mass is 19.4. The lowest BCUT2D eigenvalue weighted by atomic mass is 10.1. The number of ether oxygens (including phenoxy) is 1. The van der Waals surface area contributed by atoms with Crippen molar-refractivity contribution in [2.75, 3.05) is 6.61 Å². The standard InChI is InChI=1S/C19H20F3NO2/c1-3-14-7-9-15(10-8-14)13(2)23-18(24)12-25-17-6-4-5-16(11-17)19(20,21)22/h4-11,13H,3,12H2,1-2H3,(H,23,24)/t13-/m0/s1. The van der Waals surface area contributed by atoms with Gasteiger partial charge in [0.25, 0.3) is 5.91 Å². The van der Waals surface area contributed by atoms with Gasteiger partial charge in [-0.15, -0.1) is 0 Å². The lowest BCUT2D eigenvalue weighted by Crippen LogP contribution is -2.31. The number of hydrogen-bond donors (Lipinski definition) is 1. The van der Waals surface area contributed by atoms with Gasteiger partial charge >= 0.3 is 6.18 Å². The van der Waals surface area contributed by atoms with Crippen LogP contribution in [0.2, 0.25) is 0 Å². The zero-order chi connectivity index (χ0) is 18.4. The van der Waals surface area contributed by atoms with E-state index in [2.05, 4.69) is 12.2 Å². The summed E-state index contributed by atoms with van der Waals surface area (Å²) in [5.41, 5.74) is 1.34. The van der Waals surface area contributed by atoms with Crippen LogP contribution < -0.4 is 10.1 Å². The van der Waals surface area contributed by atoms with Crippen LogP contribution in [0.5, 0.6) is 5.75 Å². The average Bonchev–Trinajstić information content (AvgIpc) is 2.59. The van der Waals surface area contributed by atoms with Crippen molar-refractivity contribution >= 4 is 5.91 Å². The predicted molar refractivity (Wildman–Crippen MR) is 89.3 cm³/mol. The summed E-state index contributed by atoms with van der Waals surface area (Å²) in [7, 11) is 0. The van der Waals surface area contributed by atoms with Crippen molar-refractivity contribution in [3.05, 3.63) is 65.2 Å². The highest BCUT2D eigenvalue weighted by Crippen LogP contribution is 2.31. The molecule has 2 aromatic rings. The van der Waals surface area contributed by atoms with Gasteiger partial charge in [-0.1, -0.05) is 37.3 Å². The maximum Gasteiger partial charge on any atom is 0.416 e. The van der Waals surface area contributed by atoms with Crippen LogP contribution in [-0.2, 0) is 17.4 Å². The highest BCUT2D eigenvalue weighted by Gasteiger charge is 2.30. The van der Waals surface area contributed by atoms with Crippen LogP contribution in [0.3, 0.4) is 0 Å². The maximum atomic E-state index is 12.6. The molecule has 134 valence electrons. The molecule has 0 heterocycles. The summed E-state index contributed by atoms with van der Waals surface area (Å²) in [6.07, 6.45) is -3.51. The molecule has 1 amide bonds. The third-order valence-corrected chi connectivity index (χ3v) is 3.80. The van der Waals surface area contributed by atoms with Gasteiger partial charge in [-0.2, -0.15) is 13.2 Å². The summed E-state index contributed by atoms with van der Waals surface area (Å²) in [6, 6.07) is 12.1. The molecule has 0 spiro atoms. The Hall–Kier alpha value is -2.50. The predicted octanol–water partition coefficient (Wildman–Crippen LogP) is 4.52. The molecule has 0 saturated carbocycles. The number of nitrogens with one attached hydrogen (secondary N) is 1. The molecule has 2 rings (SSSR count). The maximum absolute atomic E-state index is 12.6. The number of carbonyl (C=O) groups excluding carboxylic acids is 1. The number of carbonyl (C=O) groups is 1. The van der Waals surface area contributed by atoms with Crippen LogP contribution in [0.15, 0.2) is 48.5 Å². The SMILES string of the molecule is CCc1ccc([C@H](C)NC(=O)COc2cccc(C(F)(F)F)c2)cc1. The Balaban J connectivity index is 1.89. The molecule has 0 radical (unpaired) electrons. The third-order valence-electron chi connectivity index (χ3n) is 3.80. The van der Waals surface area contributed by atoms with Gasteiger partial charge in [0.15, 0.2) is 6.61 Å². The van der Waals surface area contributed by atoms with E-state index in [-0.39, 0.29) is 18.4 Å². The number of benzene rings is 2. The van der Waals surface area contributed by atoms with Gasteiger partial charge in [0.1, 0.15) is 5.75 Å². The highest BCUT2D eigenvalue weighted by molar-refractivity contribution is 5.78. The van der Waals surface area contributed by atoms with Crippen molar-refractivity contribution in [1.82, 2.24) is 5.32 Å². The summed E-state index contributed by atoms with van der Waals surface area (Å²) in [5, 5.41) is 2.76. The van der Waals surface area contributed by atoms with Gasteiger partial charge in [0.05, 0.1) is 11.6 Å². The molecule has 0 aliphatic carbocycles. The van der Waals surface area contributed by atoms with Crippen LogP contribution in [0.4, 0.5) is 13.2 Å². The van der Waals surface area contributed by atoms with Crippen molar-refractivity contribution in [3.63, 3.8) is 0 Å². The molecular weight excluding hydrogens is 331 g/mol. The average molecular weight is 351 g/mol. The topological polar surface area (TPSA) is 38.3 Å². The van der Waals surface area contributed by atoms with Crippen LogP contribution in [0.1, 0.15) is 36.6 Å². The number of rotatable bonds is 6. The van der Waals surface area contributed by atoms with Gasteiger partial charge in [-0.05, 0) is 42.7 Å². The Kier molecular flexibility index (Phi) is 6.07. The number of aryl methyl sites for hydroxylation is 1. The van der Waals surface area contributed by atoms with E-state index in [1.54, 1.807) is 0 Å². The van der Waals surface area contributed by atoms with E-state index in [9.17, 15) is 18.0 Å². The molecule has 0 aliphatic rings. The van der Waals surface area contributed by atoms with E-state index in [4.69, 9.17) is 4.74 Å². The van der Waals surface area contributed by atoms with Gasteiger partial charge in [-0.25, -0.2) is 0 Å². The number of alkyl halides is 3. The van der Waals surface area contributed by atoms with E-state index in [0.717, 1.165) is 24.1 Å². The first-order valence-corrected chi connectivity index (χ1v) is 7.98. The van der Waals surface area contributed by atoms with Gasteiger partial charge in [-0.3, -0.25) is 4.79 Å². The number of hydrogen-bond acceptors (Lipinski definition) is 2. The molecule has 0 bridgehead atoms. The molecule has 6 heteroatoms. The monoisotopic (exact) mass is 351 g/mol. The van der Waals surface area contributed by atoms with Crippen molar-refractivity contribution in [2.24, 2.45) is 0 Å². The van der Waals surface area contributed by atoms with Gasteiger partial charge in [0.2, 0.25) is 0 Å². The molecule has 25 heavy (non-hydrogen) atoms. The first-order valence-electron chi connectivity index (χ1n) is 7.98. The fourth-order valence-corrected chi connectivity index (χ4v) is 2.32. The Morgan fingerprint density at radius 3 is 2.44 bits per heavy atom. The lowest BCUT2D eigenvalue weighted by molar-refractivity contribution is -0.137. The Bertz CT molecular complexity index is 711. The quantitative estimate of drug-likeness (QED) is 0.831. The Labute approximate surface area is 144 Å². The zero-order valence-corrected chi connectivity index (χ0v) is 14.1. The Morgan fingerprint density at radius 2 is 1.84 bits per heavy atom. The van der Waals surface area contributed by atoms with Crippen molar-refractivity contribution in [1.29, 1.82) is 0 Å². The van der Waals surface area contributed by atoms with Crippen molar-refractivity contribution < 1.29 is 22.7 Å². The minimum absolute atomic E-state index is 0.00456. The summed E-state index contributed by atoms with van der Waals surface area (Å²) in [4.78, 5) is 11.9. The third kappa shape index (κ3) is 5.52. The van der Waals surface area contributed by atoms with Crippen LogP contribution in [-0.4, -0.2) is 12.5 Å². The number of halogens is 3. The molecular formula is C19H20F3NO2. The molecule has 2 aromatic carbocycles. The molecule has 0 fully saturated rings. The van der Waals surface area contributed by atoms with Crippen molar-refractivity contribution in [2.45, 2.75) is 32.5 Å². The summed E-state index contributed by atoms with van der Waals surface area (Å²) in [5.74, 6) is -0.394. The van der Waals surface area contributed by atoms with E-state index in [1.165, 1.54) is 17.7 Å². The molecule has 0 unspecified atom stereocenters. The second-order valence-electron chi connectivity index (χ2n) is 5.70. The molecule has 3 nitrogen and oxygen atoms in total. The molecule has 0 saturated heterocycles. The molecule has 1 N–H and O–H groups in total. The first kappa shape index (κ1) is 18.8. The van der Waals surface area contributed by atoms with Crippen molar-refractivity contribution in [3.8, 4) is 5.75 Å². The fraction of sp³-hybridized carbons (Fsp3) is 0.316. The minimum Gasteiger partial charge on any atom is -0.484 e. The fourth-order valence-electron chi connectivity index (χ4n) is 2.32. The zero-order valence-electron chi connectivity index (χ0n) is 14.1. The lowest BCUT2D eigenvalue weighted by Gasteiger charge is -2.15. The molecule has 0 aromatic heterocycles. The molecule has 0 aliphatic heterocycles. The number of amides is 1. The second-order valence-corrected chi connectivity index (χ2v) is 5.70. The van der Waals surface area contributed by atoms with Crippen LogP contribution >= 0.6 is 0 Å². The summed E-state index contributed by atoms with van der Waals surface area (Å²) < 4.78 is 43.1. The summed E-state index contributed by atoms with van der Waals surface area (Å²) >= 11 is 0. The second kappa shape index (κ2) is 8.05. The van der Waals surface area contributed by atoms with Gasteiger partial charge < -0.3 is 10.1 Å². The van der Waals surface area contributed by atoms with E-state index in [1.807, 2.05) is 31.2 Å². The smallest absolute Gasteiger partial charge is 0.416 e. The summed E-state index contributed by atoms with van der Waals surface area (Å²) in [6.45, 7) is 3.55. The largest absolute Gasteiger partial charge is 0.484 e.